The highest BCUT2D eigenvalue weighted by Crippen LogP contribution is 2.17. The van der Waals surface area contributed by atoms with Gasteiger partial charge in [0.1, 0.15) is 11.5 Å². The number of para-hydroxylation sites is 1. The summed E-state index contributed by atoms with van der Waals surface area (Å²) in [5, 5.41) is 3.82. The molecule has 1 N–H and O–H groups in total. The molecule has 0 saturated heterocycles. The molecule has 0 aliphatic heterocycles. The van der Waals surface area contributed by atoms with Gasteiger partial charge in [0.15, 0.2) is 0 Å². The van der Waals surface area contributed by atoms with Crippen LogP contribution in [0, 0.1) is 0 Å². The van der Waals surface area contributed by atoms with Crippen LogP contribution in [0.1, 0.15) is 19.4 Å². The molecule has 7 heteroatoms. The quantitative estimate of drug-likeness (QED) is 0.588. The van der Waals surface area contributed by atoms with Crippen molar-refractivity contribution in [3.05, 3.63) is 54.1 Å². The zero-order chi connectivity index (χ0) is 17.4. The number of rotatable bonds is 8. The van der Waals surface area contributed by atoms with Gasteiger partial charge in [-0.3, -0.25) is 0 Å². The van der Waals surface area contributed by atoms with E-state index < -0.39 is 10.0 Å². The molecule has 0 aliphatic carbocycles. The Bertz CT molecular complexity index is 786. The zero-order valence-electron chi connectivity index (χ0n) is 13.6. The second-order valence-electron chi connectivity index (χ2n) is 4.73. The van der Waals surface area contributed by atoms with E-state index in [0.717, 1.165) is 0 Å². The summed E-state index contributed by atoms with van der Waals surface area (Å²) in [5.41, 5.74) is 0.689. The Kier molecular flexibility index (Phi) is 6.20. The highest BCUT2D eigenvalue weighted by Gasteiger charge is 2.12. The van der Waals surface area contributed by atoms with Crippen molar-refractivity contribution in [2.24, 2.45) is 5.10 Å². The van der Waals surface area contributed by atoms with E-state index in [2.05, 4.69) is 9.93 Å². The lowest BCUT2D eigenvalue weighted by molar-refractivity contribution is 0.339. The van der Waals surface area contributed by atoms with Gasteiger partial charge < -0.3 is 9.47 Å². The van der Waals surface area contributed by atoms with Gasteiger partial charge in [0.2, 0.25) is 0 Å². The zero-order valence-corrected chi connectivity index (χ0v) is 14.4. The van der Waals surface area contributed by atoms with Crippen LogP contribution in [0.5, 0.6) is 11.5 Å². The molecule has 0 unspecified atom stereocenters. The largest absolute Gasteiger partial charge is 0.494 e. The van der Waals surface area contributed by atoms with Crippen LogP contribution < -0.4 is 14.3 Å². The molecule has 0 atom stereocenters. The molecule has 0 fully saturated rings. The average molecular weight is 348 g/mol. The van der Waals surface area contributed by atoms with Crippen molar-refractivity contribution in [2.75, 3.05) is 13.2 Å². The molecule has 0 aliphatic rings. The summed E-state index contributed by atoms with van der Waals surface area (Å²) < 4.78 is 35.2. The monoisotopic (exact) mass is 348 g/mol. The first kappa shape index (κ1) is 17.8. The molecule has 0 spiro atoms. The topological polar surface area (TPSA) is 77.0 Å². The van der Waals surface area contributed by atoms with Crippen molar-refractivity contribution in [1.82, 2.24) is 4.83 Å². The van der Waals surface area contributed by atoms with Gasteiger partial charge in [0.05, 0.1) is 24.3 Å². The fourth-order valence-corrected chi connectivity index (χ4v) is 2.77. The fraction of sp³-hybridized carbons (Fsp3) is 0.235. The summed E-state index contributed by atoms with van der Waals surface area (Å²) in [4.78, 5) is 2.30. The Labute approximate surface area is 142 Å². The van der Waals surface area contributed by atoms with Crippen molar-refractivity contribution in [1.29, 1.82) is 0 Å². The van der Waals surface area contributed by atoms with Crippen LogP contribution in [0.2, 0.25) is 0 Å². The fourth-order valence-electron chi connectivity index (χ4n) is 1.97. The van der Waals surface area contributed by atoms with Crippen molar-refractivity contribution in [2.45, 2.75) is 18.7 Å². The first-order chi connectivity index (χ1) is 11.6. The van der Waals surface area contributed by atoms with Crippen molar-refractivity contribution in [3.8, 4) is 11.5 Å². The lowest BCUT2D eigenvalue weighted by Gasteiger charge is -2.07. The number of hydrogen-bond acceptors (Lipinski definition) is 5. The number of nitrogens with zero attached hydrogens (tertiary/aromatic N) is 1. The molecule has 2 aromatic carbocycles. The molecule has 2 aromatic rings. The molecule has 0 radical (unpaired) electrons. The van der Waals surface area contributed by atoms with Gasteiger partial charge in [-0.25, -0.2) is 4.83 Å². The SMILES string of the molecule is CCOc1ccc(S(=O)(=O)N/N=C/c2ccccc2OCC)cc1. The Morgan fingerprint density at radius 3 is 2.33 bits per heavy atom. The smallest absolute Gasteiger partial charge is 0.276 e. The highest BCUT2D eigenvalue weighted by molar-refractivity contribution is 7.89. The van der Waals surface area contributed by atoms with Crippen LogP contribution in [0.15, 0.2) is 58.5 Å². The maximum atomic E-state index is 12.2. The van der Waals surface area contributed by atoms with E-state index in [0.29, 0.717) is 30.3 Å². The number of sulfonamides is 1. The molecule has 0 heterocycles. The van der Waals surface area contributed by atoms with Gasteiger partial charge in [0, 0.05) is 5.56 Å². The number of ether oxygens (including phenoxy) is 2. The minimum atomic E-state index is -3.73. The standard InChI is InChI=1S/C17H20N2O4S/c1-3-22-15-9-11-16(12-10-15)24(20,21)19-18-13-14-7-5-6-8-17(14)23-4-2/h5-13,19H,3-4H2,1-2H3/b18-13+. The summed E-state index contributed by atoms with van der Waals surface area (Å²) in [6.45, 7) is 4.78. The third-order valence-electron chi connectivity index (χ3n) is 3.04. The van der Waals surface area contributed by atoms with E-state index in [1.54, 1.807) is 24.3 Å². The molecule has 0 aromatic heterocycles. The van der Waals surface area contributed by atoms with Crippen molar-refractivity contribution >= 4 is 16.2 Å². The molecule has 0 bridgehead atoms. The van der Waals surface area contributed by atoms with Crippen LogP contribution in [-0.2, 0) is 10.0 Å². The van der Waals surface area contributed by atoms with Crippen LogP contribution in [-0.4, -0.2) is 27.8 Å². The van der Waals surface area contributed by atoms with E-state index in [9.17, 15) is 8.42 Å². The number of benzene rings is 2. The molecule has 6 nitrogen and oxygen atoms in total. The predicted molar refractivity (Wildman–Crippen MR) is 93.1 cm³/mol. The highest BCUT2D eigenvalue weighted by atomic mass is 32.2. The van der Waals surface area contributed by atoms with Gasteiger partial charge in [0.25, 0.3) is 10.0 Å². The van der Waals surface area contributed by atoms with Crippen molar-refractivity contribution in [3.63, 3.8) is 0 Å². The predicted octanol–water partition coefficient (Wildman–Crippen LogP) is 2.80. The molecule has 0 saturated carbocycles. The van der Waals surface area contributed by atoms with E-state index in [1.165, 1.54) is 18.3 Å². The first-order valence-corrected chi connectivity index (χ1v) is 9.04. The minimum Gasteiger partial charge on any atom is -0.494 e. The van der Waals surface area contributed by atoms with Crippen LogP contribution in [0.4, 0.5) is 0 Å². The molecular formula is C17H20N2O4S. The Balaban J connectivity index is 2.09. The molecular weight excluding hydrogens is 328 g/mol. The Morgan fingerprint density at radius 1 is 1.00 bits per heavy atom. The van der Waals surface area contributed by atoms with Gasteiger partial charge in [-0.1, -0.05) is 12.1 Å². The summed E-state index contributed by atoms with van der Waals surface area (Å²) in [5.74, 6) is 1.26. The third-order valence-corrected chi connectivity index (χ3v) is 4.28. The van der Waals surface area contributed by atoms with Crippen LogP contribution in [0.25, 0.3) is 0 Å². The van der Waals surface area contributed by atoms with Crippen molar-refractivity contribution < 1.29 is 17.9 Å². The number of hydrogen-bond donors (Lipinski definition) is 1. The Hall–Kier alpha value is -2.54. The molecule has 0 amide bonds. The van der Waals surface area contributed by atoms with Crippen LogP contribution in [0.3, 0.4) is 0 Å². The van der Waals surface area contributed by atoms with E-state index in [4.69, 9.17) is 9.47 Å². The summed E-state index contributed by atoms with van der Waals surface area (Å²) >= 11 is 0. The van der Waals surface area contributed by atoms with Gasteiger partial charge >= 0.3 is 0 Å². The maximum Gasteiger partial charge on any atom is 0.276 e. The van der Waals surface area contributed by atoms with Gasteiger partial charge in [-0.2, -0.15) is 13.5 Å². The first-order valence-electron chi connectivity index (χ1n) is 7.56. The second kappa shape index (κ2) is 8.35. The molecule has 2 rings (SSSR count). The van der Waals surface area contributed by atoms with Gasteiger partial charge in [-0.05, 0) is 50.2 Å². The number of nitrogens with one attached hydrogen (secondary N) is 1. The lowest BCUT2D eigenvalue weighted by atomic mass is 10.2. The second-order valence-corrected chi connectivity index (χ2v) is 6.39. The molecule has 24 heavy (non-hydrogen) atoms. The summed E-state index contributed by atoms with van der Waals surface area (Å²) in [6.07, 6.45) is 1.41. The van der Waals surface area contributed by atoms with E-state index >= 15 is 0 Å². The lowest BCUT2D eigenvalue weighted by Crippen LogP contribution is -2.18. The van der Waals surface area contributed by atoms with Crippen LogP contribution >= 0.6 is 0 Å². The minimum absolute atomic E-state index is 0.112. The third kappa shape index (κ3) is 4.73. The number of hydrazone groups is 1. The normalized spacial score (nSPS) is 11.4. The van der Waals surface area contributed by atoms with E-state index in [-0.39, 0.29) is 4.90 Å². The maximum absolute atomic E-state index is 12.2. The van der Waals surface area contributed by atoms with Gasteiger partial charge in [-0.15, -0.1) is 0 Å². The summed E-state index contributed by atoms with van der Waals surface area (Å²) in [6, 6.07) is 13.4. The molecule has 128 valence electrons. The Morgan fingerprint density at radius 2 is 1.67 bits per heavy atom. The van der Waals surface area contributed by atoms with E-state index in [1.807, 2.05) is 26.0 Å². The summed E-state index contributed by atoms with van der Waals surface area (Å²) in [7, 11) is -3.73. The average Bonchev–Trinajstić information content (AvgIpc) is 2.57.